The molecule has 0 aliphatic rings. The monoisotopic (exact) mass is 355 g/mol. The second-order valence-corrected chi connectivity index (χ2v) is 5.19. The lowest BCUT2D eigenvalue weighted by molar-refractivity contribution is -0.135. The van der Waals surface area contributed by atoms with Crippen LogP contribution in [0.15, 0.2) is 15.5 Å². The lowest BCUT2D eigenvalue weighted by Gasteiger charge is -2.10. The average Bonchev–Trinajstić information content (AvgIpc) is 2.36. The molecule has 4 nitrogen and oxygen atoms in total. The predicted octanol–water partition coefficient (Wildman–Crippen LogP) is 3.56. The van der Waals surface area contributed by atoms with Gasteiger partial charge in [0, 0.05) is 19.5 Å². The number of nitrogens with one attached hydrogen (secondary N) is 1. The summed E-state index contributed by atoms with van der Waals surface area (Å²) < 4.78 is 37.6. The SMILES string of the molecule is CCCn1ncc(NCCCCC(F)(F)F)c(Br)c1=O. The fourth-order valence-corrected chi connectivity index (χ4v) is 2.08. The van der Waals surface area contributed by atoms with Gasteiger partial charge in [0.25, 0.3) is 5.56 Å². The van der Waals surface area contributed by atoms with Crippen LogP contribution in [0.2, 0.25) is 0 Å². The van der Waals surface area contributed by atoms with E-state index in [1.165, 1.54) is 10.9 Å². The molecule has 0 spiro atoms. The van der Waals surface area contributed by atoms with Gasteiger partial charge in [0.15, 0.2) is 0 Å². The Labute approximate surface area is 123 Å². The minimum Gasteiger partial charge on any atom is -0.383 e. The van der Waals surface area contributed by atoms with Crippen LogP contribution in [0.1, 0.15) is 32.6 Å². The van der Waals surface area contributed by atoms with Crippen LogP contribution in [0.4, 0.5) is 18.9 Å². The Balaban J connectivity index is 2.49. The maximum absolute atomic E-state index is 12.0. The van der Waals surface area contributed by atoms with E-state index in [1.807, 2.05) is 6.92 Å². The molecular formula is C12H17BrF3N3O. The number of hydrogen-bond acceptors (Lipinski definition) is 3. The van der Waals surface area contributed by atoms with Gasteiger partial charge in [0.1, 0.15) is 4.47 Å². The maximum Gasteiger partial charge on any atom is 0.389 e. The number of rotatable bonds is 7. The fraction of sp³-hybridized carbons (Fsp3) is 0.667. The van der Waals surface area contributed by atoms with Gasteiger partial charge in [-0.05, 0) is 35.2 Å². The number of nitrogens with zero attached hydrogens (tertiary/aromatic N) is 2. The van der Waals surface area contributed by atoms with Crippen molar-refractivity contribution in [2.24, 2.45) is 0 Å². The zero-order valence-electron chi connectivity index (χ0n) is 11.1. The van der Waals surface area contributed by atoms with Crippen molar-refractivity contribution in [2.45, 2.75) is 45.3 Å². The smallest absolute Gasteiger partial charge is 0.383 e. The van der Waals surface area contributed by atoms with E-state index in [0.717, 1.165) is 6.42 Å². The molecule has 114 valence electrons. The summed E-state index contributed by atoms with van der Waals surface area (Å²) in [5.74, 6) is 0. The summed E-state index contributed by atoms with van der Waals surface area (Å²) in [6.45, 7) is 2.84. The Bertz CT molecular complexity index is 488. The van der Waals surface area contributed by atoms with Crippen molar-refractivity contribution in [2.75, 3.05) is 11.9 Å². The first-order chi connectivity index (χ1) is 9.35. The van der Waals surface area contributed by atoms with Crippen LogP contribution in [0, 0.1) is 0 Å². The Morgan fingerprint density at radius 2 is 2.10 bits per heavy atom. The number of halogens is 4. The molecule has 0 bridgehead atoms. The van der Waals surface area contributed by atoms with Crippen LogP contribution in [0.3, 0.4) is 0 Å². The largest absolute Gasteiger partial charge is 0.389 e. The predicted molar refractivity (Wildman–Crippen MR) is 74.9 cm³/mol. The van der Waals surface area contributed by atoms with Gasteiger partial charge in [-0.1, -0.05) is 6.92 Å². The summed E-state index contributed by atoms with van der Waals surface area (Å²) in [7, 11) is 0. The quantitative estimate of drug-likeness (QED) is 0.760. The minimum atomic E-state index is -4.11. The van der Waals surface area contributed by atoms with E-state index in [9.17, 15) is 18.0 Å². The third kappa shape index (κ3) is 5.52. The molecule has 1 N–H and O–H groups in total. The highest BCUT2D eigenvalue weighted by molar-refractivity contribution is 9.10. The molecule has 1 rings (SSSR count). The second-order valence-electron chi connectivity index (χ2n) is 4.40. The maximum atomic E-state index is 12.0. The number of anilines is 1. The summed E-state index contributed by atoms with van der Waals surface area (Å²) in [4.78, 5) is 11.9. The van der Waals surface area contributed by atoms with Gasteiger partial charge < -0.3 is 5.32 Å². The second kappa shape index (κ2) is 7.66. The first-order valence-corrected chi connectivity index (χ1v) is 7.20. The molecule has 0 aromatic carbocycles. The Hall–Kier alpha value is -1.05. The Kier molecular flexibility index (Phi) is 6.51. The highest BCUT2D eigenvalue weighted by Crippen LogP contribution is 2.22. The van der Waals surface area contributed by atoms with Crippen molar-refractivity contribution in [1.29, 1.82) is 0 Å². The van der Waals surface area contributed by atoms with Gasteiger partial charge in [-0.15, -0.1) is 0 Å². The van der Waals surface area contributed by atoms with E-state index in [2.05, 4.69) is 26.3 Å². The molecule has 0 amide bonds. The van der Waals surface area contributed by atoms with Crippen molar-refractivity contribution in [3.8, 4) is 0 Å². The lowest BCUT2D eigenvalue weighted by Crippen LogP contribution is -2.24. The molecule has 1 aromatic heterocycles. The van der Waals surface area contributed by atoms with Gasteiger partial charge in [-0.2, -0.15) is 18.3 Å². The molecule has 0 aliphatic heterocycles. The van der Waals surface area contributed by atoms with Crippen molar-refractivity contribution in [3.05, 3.63) is 21.0 Å². The number of hydrogen-bond donors (Lipinski definition) is 1. The van der Waals surface area contributed by atoms with Crippen LogP contribution in [0.25, 0.3) is 0 Å². The lowest BCUT2D eigenvalue weighted by atomic mass is 10.2. The zero-order valence-corrected chi connectivity index (χ0v) is 12.7. The molecule has 8 heteroatoms. The first kappa shape index (κ1) is 17.0. The Morgan fingerprint density at radius 1 is 1.40 bits per heavy atom. The van der Waals surface area contributed by atoms with Crippen LogP contribution in [0.5, 0.6) is 0 Å². The number of aromatic nitrogens is 2. The van der Waals surface area contributed by atoms with E-state index in [4.69, 9.17) is 0 Å². The highest BCUT2D eigenvalue weighted by atomic mass is 79.9. The third-order valence-electron chi connectivity index (χ3n) is 2.62. The molecule has 20 heavy (non-hydrogen) atoms. The third-order valence-corrected chi connectivity index (χ3v) is 3.39. The highest BCUT2D eigenvalue weighted by Gasteiger charge is 2.25. The van der Waals surface area contributed by atoms with E-state index in [-0.39, 0.29) is 12.0 Å². The molecule has 1 aromatic rings. The molecule has 0 unspecified atom stereocenters. The molecule has 0 atom stereocenters. The van der Waals surface area contributed by atoms with E-state index >= 15 is 0 Å². The van der Waals surface area contributed by atoms with Crippen LogP contribution in [-0.2, 0) is 6.54 Å². The van der Waals surface area contributed by atoms with Gasteiger partial charge >= 0.3 is 6.18 Å². The van der Waals surface area contributed by atoms with E-state index in [0.29, 0.717) is 29.7 Å². The van der Waals surface area contributed by atoms with Gasteiger partial charge in [0.2, 0.25) is 0 Å². The first-order valence-electron chi connectivity index (χ1n) is 6.41. The molecule has 0 aliphatic carbocycles. The number of alkyl halides is 3. The van der Waals surface area contributed by atoms with E-state index < -0.39 is 12.6 Å². The summed E-state index contributed by atoms with van der Waals surface area (Å²) in [6.07, 6.45) is -2.15. The summed E-state index contributed by atoms with van der Waals surface area (Å²) in [6, 6.07) is 0. The van der Waals surface area contributed by atoms with Crippen molar-refractivity contribution < 1.29 is 13.2 Å². The van der Waals surface area contributed by atoms with E-state index in [1.54, 1.807) is 0 Å². The topological polar surface area (TPSA) is 46.9 Å². The molecule has 0 fully saturated rings. The van der Waals surface area contributed by atoms with Gasteiger partial charge in [0.05, 0.1) is 11.9 Å². The van der Waals surface area contributed by atoms with Crippen molar-refractivity contribution in [1.82, 2.24) is 9.78 Å². The zero-order chi connectivity index (χ0) is 15.2. The summed E-state index contributed by atoms with van der Waals surface area (Å²) in [5, 5.41) is 6.92. The van der Waals surface area contributed by atoms with Crippen LogP contribution < -0.4 is 10.9 Å². The summed E-state index contributed by atoms with van der Waals surface area (Å²) >= 11 is 3.19. The molecule has 1 heterocycles. The van der Waals surface area contributed by atoms with Crippen molar-refractivity contribution >= 4 is 21.6 Å². The molecule has 0 saturated carbocycles. The number of unbranched alkanes of at least 4 members (excludes halogenated alkanes) is 1. The number of aryl methyl sites for hydroxylation is 1. The average molecular weight is 356 g/mol. The molecular weight excluding hydrogens is 339 g/mol. The fourth-order valence-electron chi connectivity index (χ4n) is 1.63. The normalized spacial score (nSPS) is 11.7. The van der Waals surface area contributed by atoms with Gasteiger partial charge in [-0.3, -0.25) is 4.79 Å². The Morgan fingerprint density at radius 3 is 2.70 bits per heavy atom. The standard InChI is InChI=1S/C12H17BrF3N3O/c1-2-7-19-11(20)10(13)9(8-18-19)17-6-4-3-5-12(14,15)16/h8,17H,2-7H2,1H3. The minimum absolute atomic E-state index is 0.0639. The van der Waals surface area contributed by atoms with Gasteiger partial charge in [-0.25, -0.2) is 4.68 Å². The molecule has 0 radical (unpaired) electrons. The molecule has 0 saturated heterocycles. The summed E-state index contributed by atoms with van der Waals surface area (Å²) in [5.41, 5.74) is 0.265. The van der Waals surface area contributed by atoms with Crippen molar-refractivity contribution in [3.63, 3.8) is 0 Å². The van der Waals surface area contributed by atoms with Crippen LogP contribution >= 0.6 is 15.9 Å². The van der Waals surface area contributed by atoms with Crippen LogP contribution in [-0.4, -0.2) is 22.5 Å².